The minimum atomic E-state index is -0.391. The van der Waals surface area contributed by atoms with Crippen LogP contribution in [0.2, 0.25) is 0 Å². The van der Waals surface area contributed by atoms with Crippen LogP contribution in [0.4, 0.5) is 0 Å². The van der Waals surface area contributed by atoms with Gasteiger partial charge in [-0.2, -0.15) is 0 Å². The maximum atomic E-state index is 9.14. The zero-order valence-corrected chi connectivity index (χ0v) is 17.9. The van der Waals surface area contributed by atoms with E-state index in [0.29, 0.717) is 6.42 Å². The van der Waals surface area contributed by atoms with Crippen molar-refractivity contribution < 1.29 is 14.4 Å². The second-order valence-electron chi connectivity index (χ2n) is 8.69. The van der Waals surface area contributed by atoms with Gasteiger partial charge in [-0.15, -0.1) is 0 Å². The molecular formula is C23H29BN2O3. The summed E-state index contributed by atoms with van der Waals surface area (Å²) in [7, 11) is -0.391. The van der Waals surface area contributed by atoms with E-state index >= 15 is 0 Å². The Morgan fingerprint density at radius 3 is 2.24 bits per heavy atom. The number of nitrogens with zero attached hydrogens (tertiary/aromatic N) is 2. The molecule has 3 aromatic rings. The van der Waals surface area contributed by atoms with Crippen molar-refractivity contribution in [3.05, 3.63) is 53.9 Å². The molecule has 0 amide bonds. The Morgan fingerprint density at radius 1 is 1.00 bits per heavy atom. The normalized spacial score (nSPS) is 17.9. The first-order valence-electron chi connectivity index (χ1n) is 10.3. The lowest BCUT2D eigenvalue weighted by Gasteiger charge is -2.32. The number of imidazole rings is 1. The predicted octanol–water partition coefficient (Wildman–Crippen LogP) is 3.42. The number of aromatic nitrogens is 2. The molecule has 4 rings (SSSR count). The molecule has 2 heterocycles. The molecule has 1 fully saturated rings. The fourth-order valence-electron chi connectivity index (χ4n) is 3.74. The first kappa shape index (κ1) is 20.1. The number of benzene rings is 2. The Hall–Kier alpha value is -2.15. The average molecular weight is 392 g/mol. The average Bonchev–Trinajstić information content (AvgIpc) is 3.15. The van der Waals surface area contributed by atoms with Crippen molar-refractivity contribution in [1.29, 1.82) is 0 Å². The SMILES string of the molecule is CCc1nc2cc(B3OC(C)(C)C(C)(C)O3)ccc2n1-c1ccc(CCO)cc1. The molecule has 1 aliphatic rings. The Morgan fingerprint density at radius 2 is 1.66 bits per heavy atom. The van der Waals surface area contributed by atoms with Gasteiger partial charge in [0.2, 0.25) is 0 Å². The van der Waals surface area contributed by atoms with Crippen molar-refractivity contribution in [3.8, 4) is 5.69 Å². The van der Waals surface area contributed by atoms with Gasteiger partial charge in [-0.3, -0.25) is 4.57 Å². The number of hydrogen-bond acceptors (Lipinski definition) is 4. The van der Waals surface area contributed by atoms with Crippen LogP contribution in [-0.4, -0.2) is 39.6 Å². The summed E-state index contributed by atoms with van der Waals surface area (Å²) in [4.78, 5) is 4.88. The van der Waals surface area contributed by atoms with E-state index in [4.69, 9.17) is 19.4 Å². The van der Waals surface area contributed by atoms with Gasteiger partial charge in [0.25, 0.3) is 0 Å². The third-order valence-electron chi connectivity index (χ3n) is 6.18. The molecule has 0 unspecified atom stereocenters. The predicted molar refractivity (Wildman–Crippen MR) is 117 cm³/mol. The van der Waals surface area contributed by atoms with E-state index in [-0.39, 0.29) is 17.8 Å². The molecule has 1 aromatic heterocycles. The summed E-state index contributed by atoms with van der Waals surface area (Å²) in [6.45, 7) is 10.5. The smallest absolute Gasteiger partial charge is 0.399 e. The molecular weight excluding hydrogens is 363 g/mol. The summed E-state index contributed by atoms with van der Waals surface area (Å²) < 4.78 is 14.6. The first-order valence-corrected chi connectivity index (χ1v) is 10.3. The van der Waals surface area contributed by atoms with E-state index in [1.807, 2.05) is 0 Å². The molecule has 1 saturated heterocycles. The van der Waals surface area contributed by atoms with Gasteiger partial charge in [0.15, 0.2) is 0 Å². The third kappa shape index (κ3) is 3.50. The van der Waals surface area contributed by atoms with Crippen LogP contribution in [0.15, 0.2) is 42.5 Å². The van der Waals surface area contributed by atoms with E-state index in [9.17, 15) is 0 Å². The summed E-state index contributed by atoms with van der Waals surface area (Å²) in [6.07, 6.45) is 1.50. The van der Waals surface area contributed by atoms with Crippen molar-refractivity contribution in [1.82, 2.24) is 9.55 Å². The number of rotatable bonds is 5. The van der Waals surface area contributed by atoms with Gasteiger partial charge in [0.1, 0.15) is 5.82 Å². The molecule has 1 N–H and O–H groups in total. The molecule has 0 atom stereocenters. The summed E-state index contributed by atoms with van der Waals surface area (Å²) in [5, 5.41) is 9.14. The van der Waals surface area contributed by atoms with E-state index in [2.05, 4.69) is 81.7 Å². The van der Waals surface area contributed by atoms with Crippen molar-refractivity contribution in [2.24, 2.45) is 0 Å². The number of hydrogen-bond donors (Lipinski definition) is 1. The maximum absolute atomic E-state index is 9.14. The lowest BCUT2D eigenvalue weighted by Crippen LogP contribution is -2.41. The van der Waals surface area contributed by atoms with Gasteiger partial charge in [0.05, 0.1) is 22.2 Å². The van der Waals surface area contributed by atoms with Crippen LogP contribution >= 0.6 is 0 Å². The van der Waals surface area contributed by atoms with Gasteiger partial charge >= 0.3 is 7.12 Å². The van der Waals surface area contributed by atoms with Crippen LogP contribution in [-0.2, 0) is 22.2 Å². The number of fused-ring (bicyclic) bond motifs is 1. The fraction of sp³-hybridized carbons (Fsp3) is 0.435. The monoisotopic (exact) mass is 392 g/mol. The summed E-state index contributed by atoms with van der Waals surface area (Å²) in [5.41, 5.74) is 4.47. The Bertz CT molecular complexity index is 1010. The largest absolute Gasteiger partial charge is 0.494 e. The lowest BCUT2D eigenvalue weighted by atomic mass is 9.79. The summed E-state index contributed by atoms with van der Waals surface area (Å²) in [5.74, 6) is 1.01. The van der Waals surface area contributed by atoms with E-state index in [1.54, 1.807) is 0 Å². The van der Waals surface area contributed by atoms with Gasteiger partial charge in [-0.05, 0) is 69.4 Å². The summed E-state index contributed by atoms with van der Waals surface area (Å²) >= 11 is 0. The van der Waals surface area contributed by atoms with Crippen molar-refractivity contribution in [2.75, 3.05) is 6.61 Å². The number of aliphatic hydroxyl groups excluding tert-OH is 1. The van der Waals surface area contributed by atoms with Crippen LogP contribution in [0, 0.1) is 0 Å². The van der Waals surface area contributed by atoms with E-state index < -0.39 is 7.12 Å². The van der Waals surface area contributed by atoms with E-state index in [0.717, 1.165) is 40.0 Å². The highest BCUT2D eigenvalue weighted by Crippen LogP contribution is 2.36. The number of aliphatic hydroxyl groups is 1. The Labute approximate surface area is 172 Å². The van der Waals surface area contributed by atoms with Gasteiger partial charge < -0.3 is 14.4 Å². The van der Waals surface area contributed by atoms with Crippen molar-refractivity contribution in [2.45, 2.75) is 58.7 Å². The molecule has 0 saturated carbocycles. The van der Waals surface area contributed by atoms with Crippen LogP contribution < -0.4 is 5.46 Å². The van der Waals surface area contributed by atoms with Crippen LogP contribution in [0.1, 0.15) is 46.0 Å². The molecule has 0 aliphatic carbocycles. The topological polar surface area (TPSA) is 56.5 Å². The molecule has 1 aliphatic heterocycles. The highest BCUT2D eigenvalue weighted by Gasteiger charge is 2.51. The molecule has 29 heavy (non-hydrogen) atoms. The van der Waals surface area contributed by atoms with Crippen LogP contribution in [0.25, 0.3) is 16.7 Å². The first-order chi connectivity index (χ1) is 13.8. The Kier molecular flexibility index (Phi) is 5.05. The van der Waals surface area contributed by atoms with E-state index in [1.165, 1.54) is 0 Å². The zero-order valence-electron chi connectivity index (χ0n) is 17.9. The van der Waals surface area contributed by atoms with Gasteiger partial charge in [-0.1, -0.05) is 25.1 Å². The quantitative estimate of drug-likeness (QED) is 0.676. The molecule has 152 valence electrons. The highest BCUT2D eigenvalue weighted by molar-refractivity contribution is 6.62. The van der Waals surface area contributed by atoms with Crippen molar-refractivity contribution in [3.63, 3.8) is 0 Å². The molecule has 5 nitrogen and oxygen atoms in total. The molecule has 0 spiro atoms. The minimum absolute atomic E-state index is 0.162. The zero-order chi connectivity index (χ0) is 20.8. The Balaban J connectivity index is 1.73. The molecule has 6 heteroatoms. The molecule has 0 bridgehead atoms. The molecule has 0 radical (unpaired) electrons. The fourth-order valence-corrected chi connectivity index (χ4v) is 3.74. The van der Waals surface area contributed by atoms with Crippen LogP contribution in [0.5, 0.6) is 0 Å². The van der Waals surface area contributed by atoms with Gasteiger partial charge in [-0.25, -0.2) is 4.98 Å². The van der Waals surface area contributed by atoms with Crippen molar-refractivity contribution >= 4 is 23.6 Å². The van der Waals surface area contributed by atoms with Gasteiger partial charge in [0, 0.05) is 18.7 Å². The maximum Gasteiger partial charge on any atom is 0.494 e. The van der Waals surface area contributed by atoms with Crippen LogP contribution in [0.3, 0.4) is 0 Å². The number of aryl methyl sites for hydroxylation is 1. The third-order valence-corrected chi connectivity index (χ3v) is 6.18. The lowest BCUT2D eigenvalue weighted by molar-refractivity contribution is 0.00578. The highest BCUT2D eigenvalue weighted by atomic mass is 16.7. The molecule has 2 aromatic carbocycles. The summed E-state index contributed by atoms with van der Waals surface area (Å²) in [6, 6.07) is 14.6. The standard InChI is InChI=1S/C23H29BN2O3/c1-6-21-25-19-15-17(24-28-22(2,3)23(4,5)29-24)9-12-20(19)26(21)18-10-7-16(8-11-18)13-14-27/h7-12,15,27H,6,13-14H2,1-5H3. The second kappa shape index (κ2) is 7.28. The second-order valence-corrected chi connectivity index (χ2v) is 8.69. The minimum Gasteiger partial charge on any atom is -0.399 e.